The molecule has 1 aromatic carbocycles. The summed E-state index contributed by atoms with van der Waals surface area (Å²) >= 11 is 0. The van der Waals surface area contributed by atoms with Crippen LogP contribution in [0.2, 0.25) is 0 Å². The maximum atomic E-state index is 12.3. The van der Waals surface area contributed by atoms with E-state index in [4.69, 9.17) is 0 Å². The van der Waals surface area contributed by atoms with Crippen LogP contribution >= 0.6 is 0 Å². The summed E-state index contributed by atoms with van der Waals surface area (Å²) in [5, 5.41) is 5.86. The summed E-state index contributed by atoms with van der Waals surface area (Å²) in [4.78, 5) is 17.0. The fourth-order valence-corrected chi connectivity index (χ4v) is 2.09. The number of aromatic nitrogens is 2. The Labute approximate surface area is 143 Å². The minimum absolute atomic E-state index is 0.0723. The molecule has 0 aliphatic rings. The number of carbonyl (C=O) groups is 1. The van der Waals surface area contributed by atoms with E-state index in [1.165, 1.54) is 0 Å². The van der Waals surface area contributed by atoms with Crippen molar-refractivity contribution >= 4 is 11.6 Å². The molecular formula is C16H19F3N4O2. The van der Waals surface area contributed by atoms with E-state index in [1.54, 1.807) is 0 Å². The zero-order valence-electron chi connectivity index (χ0n) is 13.9. The lowest BCUT2D eigenvalue weighted by Crippen LogP contribution is -2.26. The molecule has 1 heterocycles. The van der Waals surface area contributed by atoms with E-state index < -0.39 is 12.1 Å². The first kappa shape index (κ1) is 18.8. The molecular weight excluding hydrogens is 337 g/mol. The molecule has 2 rings (SSSR count). The van der Waals surface area contributed by atoms with E-state index in [0.717, 1.165) is 11.3 Å². The monoisotopic (exact) mass is 356 g/mol. The largest absolute Gasteiger partial charge is 0.471 e. The highest BCUT2D eigenvalue weighted by molar-refractivity contribution is 5.76. The van der Waals surface area contributed by atoms with E-state index in [2.05, 4.69) is 20.0 Å². The number of nitrogens with zero attached hydrogens (tertiary/aromatic N) is 3. The molecule has 25 heavy (non-hydrogen) atoms. The predicted octanol–water partition coefficient (Wildman–Crippen LogP) is 2.45. The Balaban J connectivity index is 1.71. The molecule has 0 aliphatic carbocycles. The first-order valence-electron chi connectivity index (χ1n) is 7.68. The average Bonchev–Trinajstić information content (AvgIpc) is 3.02. The van der Waals surface area contributed by atoms with Gasteiger partial charge in [-0.1, -0.05) is 17.3 Å². The lowest BCUT2D eigenvalue weighted by Gasteiger charge is -2.12. The second kappa shape index (κ2) is 8.00. The summed E-state index contributed by atoms with van der Waals surface area (Å²) in [5.74, 6) is -1.65. The minimum atomic E-state index is -4.66. The summed E-state index contributed by atoms with van der Waals surface area (Å²) in [6, 6.07) is 7.87. The molecule has 0 unspecified atom stereocenters. The zero-order chi connectivity index (χ0) is 18.4. The molecule has 0 spiro atoms. The molecule has 0 fully saturated rings. The van der Waals surface area contributed by atoms with Crippen molar-refractivity contribution in [3.05, 3.63) is 41.5 Å². The summed E-state index contributed by atoms with van der Waals surface area (Å²) in [5.41, 5.74) is 2.11. The molecule has 136 valence electrons. The highest BCUT2D eigenvalue weighted by Crippen LogP contribution is 2.27. The molecule has 1 N–H and O–H groups in total. The van der Waals surface area contributed by atoms with Gasteiger partial charge in [0, 0.05) is 39.2 Å². The molecule has 0 saturated carbocycles. The van der Waals surface area contributed by atoms with E-state index in [1.807, 2.05) is 43.3 Å². The number of nitrogens with one attached hydrogen (secondary N) is 1. The van der Waals surface area contributed by atoms with Gasteiger partial charge in [-0.25, -0.2) is 0 Å². The van der Waals surface area contributed by atoms with Gasteiger partial charge in [-0.3, -0.25) is 4.79 Å². The fraction of sp³-hybridized carbons (Fsp3) is 0.438. The van der Waals surface area contributed by atoms with Crippen molar-refractivity contribution in [2.75, 3.05) is 25.5 Å². The van der Waals surface area contributed by atoms with Gasteiger partial charge in [-0.05, 0) is 24.1 Å². The first-order valence-corrected chi connectivity index (χ1v) is 7.68. The molecule has 1 aromatic heterocycles. The van der Waals surface area contributed by atoms with Gasteiger partial charge in [0.2, 0.25) is 5.91 Å². The maximum absolute atomic E-state index is 12.3. The van der Waals surface area contributed by atoms with Crippen molar-refractivity contribution in [3.63, 3.8) is 0 Å². The van der Waals surface area contributed by atoms with Gasteiger partial charge in [-0.15, -0.1) is 0 Å². The number of rotatable bonds is 7. The Morgan fingerprint density at radius 2 is 1.88 bits per heavy atom. The Kier molecular flexibility index (Phi) is 6.00. The minimum Gasteiger partial charge on any atom is -0.378 e. The molecule has 0 aliphatic heterocycles. The molecule has 0 saturated heterocycles. The SMILES string of the molecule is CN(C)c1ccc(CCC(=O)NCCc2noc(C(F)(F)F)n2)cc1. The van der Waals surface area contributed by atoms with Crippen molar-refractivity contribution in [2.45, 2.75) is 25.4 Å². The molecule has 2 aromatic rings. The second-order valence-corrected chi connectivity index (χ2v) is 5.67. The second-order valence-electron chi connectivity index (χ2n) is 5.67. The number of alkyl halides is 3. The van der Waals surface area contributed by atoms with Gasteiger partial charge in [0.15, 0.2) is 5.82 Å². The lowest BCUT2D eigenvalue weighted by atomic mass is 10.1. The van der Waals surface area contributed by atoms with Crippen molar-refractivity contribution in [3.8, 4) is 0 Å². The Morgan fingerprint density at radius 1 is 1.20 bits per heavy atom. The van der Waals surface area contributed by atoms with E-state index in [0.29, 0.717) is 12.8 Å². The number of halogens is 3. The number of benzene rings is 1. The highest BCUT2D eigenvalue weighted by Gasteiger charge is 2.38. The third-order valence-electron chi connectivity index (χ3n) is 3.47. The fourth-order valence-electron chi connectivity index (χ4n) is 2.09. The van der Waals surface area contributed by atoms with Crippen LogP contribution in [-0.4, -0.2) is 36.7 Å². The van der Waals surface area contributed by atoms with Crippen molar-refractivity contribution in [1.82, 2.24) is 15.5 Å². The van der Waals surface area contributed by atoms with Crippen LogP contribution in [0.3, 0.4) is 0 Å². The zero-order valence-corrected chi connectivity index (χ0v) is 13.9. The normalized spacial score (nSPS) is 11.4. The smallest absolute Gasteiger partial charge is 0.378 e. The molecule has 6 nitrogen and oxygen atoms in total. The van der Waals surface area contributed by atoms with E-state index in [9.17, 15) is 18.0 Å². The van der Waals surface area contributed by atoms with Gasteiger partial charge in [0.25, 0.3) is 0 Å². The number of hydrogen-bond acceptors (Lipinski definition) is 5. The third kappa shape index (κ3) is 5.77. The summed E-state index contributed by atoms with van der Waals surface area (Å²) in [7, 11) is 3.90. The number of aryl methyl sites for hydroxylation is 1. The van der Waals surface area contributed by atoms with Crippen LogP contribution in [0.5, 0.6) is 0 Å². The van der Waals surface area contributed by atoms with Crippen LogP contribution < -0.4 is 10.2 Å². The van der Waals surface area contributed by atoms with Crippen LogP contribution in [0.4, 0.5) is 18.9 Å². The predicted molar refractivity (Wildman–Crippen MR) is 85.1 cm³/mol. The average molecular weight is 356 g/mol. The number of amides is 1. The summed E-state index contributed by atoms with van der Waals surface area (Å²) in [6.45, 7) is 0.148. The standard InChI is InChI=1S/C16H19F3N4O2/c1-23(2)12-6-3-11(4-7-12)5-8-14(24)20-10-9-13-21-15(25-22-13)16(17,18)19/h3-4,6-7H,5,8-10H2,1-2H3,(H,20,24). The molecule has 9 heteroatoms. The number of hydrogen-bond donors (Lipinski definition) is 1. The molecule has 1 amide bonds. The topological polar surface area (TPSA) is 71.3 Å². The lowest BCUT2D eigenvalue weighted by molar-refractivity contribution is -0.159. The Bertz CT molecular complexity index is 696. The Hall–Kier alpha value is -2.58. The van der Waals surface area contributed by atoms with Gasteiger partial charge in [0.1, 0.15) is 0 Å². The summed E-state index contributed by atoms with van der Waals surface area (Å²) < 4.78 is 41.1. The first-order chi connectivity index (χ1) is 11.8. The van der Waals surface area contributed by atoms with Gasteiger partial charge in [0.05, 0.1) is 0 Å². The van der Waals surface area contributed by atoms with Crippen LogP contribution in [0.1, 0.15) is 23.7 Å². The third-order valence-corrected chi connectivity index (χ3v) is 3.47. The molecule has 0 atom stereocenters. The number of anilines is 1. The van der Waals surface area contributed by atoms with Crippen LogP contribution in [-0.2, 0) is 23.8 Å². The highest BCUT2D eigenvalue weighted by atomic mass is 19.4. The van der Waals surface area contributed by atoms with Crippen LogP contribution in [0.15, 0.2) is 28.8 Å². The van der Waals surface area contributed by atoms with Crippen LogP contribution in [0.25, 0.3) is 0 Å². The maximum Gasteiger partial charge on any atom is 0.471 e. The van der Waals surface area contributed by atoms with Crippen molar-refractivity contribution in [1.29, 1.82) is 0 Å². The van der Waals surface area contributed by atoms with Crippen molar-refractivity contribution < 1.29 is 22.5 Å². The molecule has 0 bridgehead atoms. The van der Waals surface area contributed by atoms with Gasteiger partial charge >= 0.3 is 12.1 Å². The van der Waals surface area contributed by atoms with Crippen LogP contribution in [0, 0.1) is 0 Å². The van der Waals surface area contributed by atoms with Gasteiger partial charge < -0.3 is 14.7 Å². The molecule has 0 radical (unpaired) electrons. The van der Waals surface area contributed by atoms with Crippen molar-refractivity contribution in [2.24, 2.45) is 0 Å². The van der Waals surface area contributed by atoms with E-state index >= 15 is 0 Å². The van der Waals surface area contributed by atoms with E-state index in [-0.39, 0.29) is 24.7 Å². The number of carbonyl (C=O) groups excluding carboxylic acids is 1. The quantitative estimate of drug-likeness (QED) is 0.825. The van der Waals surface area contributed by atoms with Gasteiger partial charge in [-0.2, -0.15) is 18.2 Å². The Morgan fingerprint density at radius 3 is 2.44 bits per heavy atom. The summed E-state index contributed by atoms with van der Waals surface area (Å²) in [6.07, 6.45) is -3.71.